The molecule has 0 aromatic rings. The molecule has 3 unspecified atom stereocenters. The highest BCUT2D eigenvalue weighted by molar-refractivity contribution is 6.02. The summed E-state index contributed by atoms with van der Waals surface area (Å²) in [7, 11) is 0. The van der Waals surface area contributed by atoms with Gasteiger partial charge in [0.15, 0.2) is 0 Å². The Balaban J connectivity index is 1.92. The molecule has 2 saturated heterocycles. The lowest BCUT2D eigenvalue weighted by Gasteiger charge is -2.31. The van der Waals surface area contributed by atoms with Gasteiger partial charge >= 0.3 is 5.97 Å². The van der Waals surface area contributed by atoms with Crippen molar-refractivity contribution >= 4 is 17.8 Å². The predicted octanol–water partition coefficient (Wildman–Crippen LogP) is 1.43. The summed E-state index contributed by atoms with van der Waals surface area (Å²) >= 11 is 0. The summed E-state index contributed by atoms with van der Waals surface area (Å²) in [5.74, 6) is -0.740. The van der Waals surface area contributed by atoms with Crippen molar-refractivity contribution in [2.24, 2.45) is 11.8 Å². The standard InChI is InChI=1S/C15H23NO5/c1-9(2)10(3-6-13(17)18)7-8-16-14(19)11-4-5-12(21-11)15(16)20/h9-12H,3-8H2,1-2H3,(H,17,18). The number of likely N-dealkylation sites (tertiary alicyclic amines) is 1. The molecule has 2 rings (SSSR count). The Labute approximate surface area is 124 Å². The van der Waals surface area contributed by atoms with E-state index in [1.165, 1.54) is 4.90 Å². The highest BCUT2D eigenvalue weighted by Gasteiger charge is 2.46. The minimum Gasteiger partial charge on any atom is -0.481 e. The molecule has 2 bridgehead atoms. The van der Waals surface area contributed by atoms with Gasteiger partial charge in [-0.3, -0.25) is 19.3 Å². The van der Waals surface area contributed by atoms with Gasteiger partial charge in [0, 0.05) is 13.0 Å². The SMILES string of the molecule is CC(C)C(CCC(=O)O)CCN1C(=O)C2CCC(O2)C1=O. The number of ether oxygens (including phenoxy) is 1. The van der Waals surface area contributed by atoms with Crippen molar-refractivity contribution in [3.8, 4) is 0 Å². The highest BCUT2D eigenvalue weighted by atomic mass is 16.5. The molecule has 2 fully saturated rings. The summed E-state index contributed by atoms with van der Waals surface area (Å²) in [5.41, 5.74) is 0. The van der Waals surface area contributed by atoms with Gasteiger partial charge in [0.05, 0.1) is 0 Å². The minimum absolute atomic E-state index is 0.124. The number of amides is 2. The number of fused-ring (bicyclic) bond motifs is 2. The van der Waals surface area contributed by atoms with Gasteiger partial charge in [-0.05, 0) is 37.5 Å². The Morgan fingerprint density at radius 1 is 1.24 bits per heavy atom. The molecule has 0 radical (unpaired) electrons. The number of hydrogen-bond donors (Lipinski definition) is 1. The molecule has 0 spiro atoms. The summed E-state index contributed by atoms with van der Waals surface area (Å²) in [6, 6.07) is 0. The smallest absolute Gasteiger partial charge is 0.303 e. The Morgan fingerprint density at radius 3 is 2.29 bits per heavy atom. The van der Waals surface area contributed by atoms with Crippen LogP contribution in [0.15, 0.2) is 0 Å². The van der Waals surface area contributed by atoms with E-state index in [-0.39, 0.29) is 24.2 Å². The van der Waals surface area contributed by atoms with Crippen LogP contribution in [0.3, 0.4) is 0 Å². The molecule has 0 aromatic heterocycles. The van der Waals surface area contributed by atoms with E-state index in [0.29, 0.717) is 38.1 Å². The van der Waals surface area contributed by atoms with E-state index in [0.717, 1.165) is 0 Å². The first kappa shape index (κ1) is 15.9. The Morgan fingerprint density at radius 2 is 1.81 bits per heavy atom. The number of imide groups is 1. The van der Waals surface area contributed by atoms with Gasteiger partial charge in [0.25, 0.3) is 11.8 Å². The first-order valence-electron chi connectivity index (χ1n) is 7.62. The first-order chi connectivity index (χ1) is 9.90. The van der Waals surface area contributed by atoms with Crippen LogP contribution in [0.2, 0.25) is 0 Å². The second kappa shape index (κ2) is 6.56. The number of carbonyl (C=O) groups excluding carboxylic acids is 2. The van der Waals surface area contributed by atoms with Gasteiger partial charge in [0.2, 0.25) is 0 Å². The summed E-state index contributed by atoms with van der Waals surface area (Å²) in [4.78, 5) is 36.3. The van der Waals surface area contributed by atoms with Gasteiger partial charge in [-0.25, -0.2) is 0 Å². The van der Waals surface area contributed by atoms with E-state index in [2.05, 4.69) is 0 Å². The van der Waals surface area contributed by atoms with E-state index < -0.39 is 18.2 Å². The van der Waals surface area contributed by atoms with E-state index in [1.54, 1.807) is 0 Å². The summed E-state index contributed by atoms with van der Waals surface area (Å²) < 4.78 is 5.37. The number of carbonyl (C=O) groups is 3. The molecule has 3 atom stereocenters. The first-order valence-corrected chi connectivity index (χ1v) is 7.62. The lowest BCUT2D eigenvalue weighted by atomic mass is 9.88. The predicted molar refractivity (Wildman–Crippen MR) is 74.4 cm³/mol. The molecule has 118 valence electrons. The molecule has 1 N–H and O–H groups in total. The van der Waals surface area contributed by atoms with Crippen molar-refractivity contribution < 1.29 is 24.2 Å². The van der Waals surface area contributed by atoms with Crippen LogP contribution >= 0.6 is 0 Å². The fourth-order valence-electron chi connectivity index (χ4n) is 3.09. The molecule has 2 aliphatic rings. The summed E-state index contributed by atoms with van der Waals surface area (Å²) in [5, 5.41) is 8.79. The molecular weight excluding hydrogens is 274 g/mol. The van der Waals surface area contributed by atoms with Gasteiger partial charge in [-0.1, -0.05) is 13.8 Å². The maximum Gasteiger partial charge on any atom is 0.303 e. The molecule has 6 nitrogen and oxygen atoms in total. The van der Waals surface area contributed by atoms with Crippen LogP contribution in [-0.4, -0.2) is 46.5 Å². The second-order valence-corrected chi connectivity index (χ2v) is 6.24. The molecule has 21 heavy (non-hydrogen) atoms. The van der Waals surface area contributed by atoms with Crippen molar-refractivity contribution in [1.82, 2.24) is 4.90 Å². The fraction of sp³-hybridized carbons (Fsp3) is 0.800. The quantitative estimate of drug-likeness (QED) is 0.719. The summed E-state index contributed by atoms with van der Waals surface area (Å²) in [6.45, 7) is 4.45. The minimum atomic E-state index is -0.808. The maximum atomic E-state index is 12.1. The average Bonchev–Trinajstić information content (AvgIpc) is 2.86. The van der Waals surface area contributed by atoms with Crippen LogP contribution in [0.5, 0.6) is 0 Å². The third kappa shape index (κ3) is 3.61. The Bertz CT molecular complexity index is 412. The lowest BCUT2D eigenvalue weighted by molar-refractivity contribution is -0.168. The number of carboxylic acid groups (broad SMARTS) is 1. The third-order valence-corrected chi connectivity index (χ3v) is 4.50. The van der Waals surface area contributed by atoms with Crippen molar-refractivity contribution in [2.45, 2.75) is 58.2 Å². The normalized spacial score (nSPS) is 26.5. The number of morpholine rings is 1. The van der Waals surface area contributed by atoms with Gasteiger partial charge in [0.1, 0.15) is 12.2 Å². The van der Waals surface area contributed by atoms with Crippen LogP contribution in [0, 0.1) is 11.8 Å². The number of rotatable bonds is 7. The maximum absolute atomic E-state index is 12.1. The Hall–Kier alpha value is -1.43. The van der Waals surface area contributed by atoms with Crippen LogP contribution < -0.4 is 0 Å². The topological polar surface area (TPSA) is 83.9 Å². The zero-order valence-electron chi connectivity index (χ0n) is 12.6. The number of nitrogens with zero attached hydrogens (tertiary/aromatic N) is 1. The van der Waals surface area contributed by atoms with Crippen LogP contribution in [0.1, 0.15) is 46.0 Å². The molecule has 2 amide bonds. The molecule has 6 heteroatoms. The molecule has 0 aliphatic carbocycles. The molecular formula is C15H23NO5. The second-order valence-electron chi connectivity index (χ2n) is 6.24. The van der Waals surface area contributed by atoms with E-state index in [1.807, 2.05) is 13.8 Å². The van der Waals surface area contributed by atoms with Crippen LogP contribution in [0.25, 0.3) is 0 Å². The number of carboxylic acids is 1. The zero-order valence-corrected chi connectivity index (χ0v) is 12.6. The molecule has 2 aliphatic heterocycles. The third-order valence-electron chi connectivity index (χ3n) is 4.50. The van der Waals surface area contributed by atoms with Gasteiger partial charge in [-0.2, -0.15) is 0 Å². The molecule has 2 heterocycles. The van der Waals surface area contributed by atoms with E-state index in [4.69, 9.17) is 9.84 Å². The van der Waals surface area contributed by atoms with E-state index >= 15 is 0 Å². The lowest BCUT2D eigenvalue weighted by Crippen LogP contribution is -2.52. The fourth-order valence-corrected chi connectivity index (χ4v) is 3.09. The number of aliphatic carboxylic acids is 1. The zero-order chi connectivity index (χ0) is 15.6. The van der Waals surface area contributed by atoms with Crippen LogP contribution in [0.4, 0.5) is 0 Å². The van der Waals surface area contributed by atoms with Crippen molar-refractivity contribution in [3.63, 3.8) is 0 Å². The van der Waals surface area contributed by atoms with Crippen LogP contribution in [-0.2, 0) is 19.1 Å². The van der Waals surface area contributed by atoms with Gasteiger partial charge in [-0.15, -0.1) is 0 Å². The van der Waals surface area contributed by atoms with Gasteiger partial charge < -0.3 is 9.84 Å². The van der Waals surface area contributed by atoms with Crippen molar-refractivity contribution in [2.75, 3.05) is 6.54 Å². The highest BCUT2D eigenvalue weighted by Crippen LogP contribution is 2.29. The van der Waals surface area contributed by atoms with E-state index in [9.17, 15) is 14.4 Å². The Kier molecular flexibility index (Phi) is 4.98. The average molecular weight is 297 g/mol. The number of hydrogen-bond acceptors (Lipinski definition) is 4. The summed E-state index contributed by atoms with van der Waals surface area (Å²) in [6.07, 6.45) is 1.69. The molecule has 0 aromatic carbocycles. The monoisotopic (exact) mass is 297 g/mol. The van der Waals surface area contributed by atoms with Crippen molar-refractivity contribution in [3.05, 3.63) is 0 Å². The van der Waals surface area contributed by atoms with Crippen molar-refractivity contribution in [1.29, 1.82) is 0 Å². The largest absolute Gasteiger partial charge is 0.481 e. The molecule has 0 saturated carbocycles.